The van der Waals surface area contributed by atoms with Gasteiger partial charge in [0.05, 0.1) is 12.5 Å². The summed E-state index contributed by atoms with van der Waals surface area (Å²) in [6, 6.07) is 10.7. The van der Waals surface area contributed by atoms with E-state index in [2.05, 4.69) is 5.32 Å². The van der Waals surface area contributed by atoms with E-state index in [9.17, 15) is 9.90 Å². The summed E-state index contributed by atoms with van der Waals surface area (Å²) in [5, 5.41) is 24.4. The predicted octanol–water partition coefficient (Wildman–Crippen LogP) is 3.71. The monoisotopic (exact) mass is 305 g/mol. The maximum atomic E-state index is 11.1. The van der Waals surface area contributed by atoms with Gasteiger partial charge >= 0.3 is 5.97 Å². The van der Waals surface area contributed by atoms with Gasteiger partial charge in [-0.25, -0.2) is 0 Å². The molecule has 1 aromatic heterocycles. The molecule has 0 amide bonds. The zero-order valence-corrected chi connectivity index (χ0v) is 12.6. The SMILES string of the molecule is CCC(NC(CC(=O)O)c1cccs1)c1ccccc1O. The number of benzene rings is 1. The number of rotatable bonds is 7. The van der Waals surface area contributed by atoms with Gasteiger partial charge in [0.2, 0.25) is 0 Å². The first-order valence-electron chi connectivity index (χ1n) is 6.91. The largest absolute Gasteiger partial charge is 0.508 e. The number of para-hydroxylation sites is 1. The Morgan fingerprint density at radius 2 is 2.00 bits per heavy atom. The van der Waals surface area contributed by atoms with Crippen LogP contribution in [0.3, 0.4) is 0 Å². The zero-order chi connectivity index (χ0) is 15.2. The van der Waals surface area contributed by atoms with Crippen molar-refractivity contribution in [1.29, 1.82) is 0 Å². The van der Waals surface area contributed by atoms with Crippen molar-refractivity contribution in [3.05, 3.63) is 52.2 Å². The summed E-state index contributed by atoms with van der Waals surface area (Å²) in [5.74, 6) is -0.606. The average molecular weight is 305 g/mol. The van der Waals surface area contributed by atoms with Gasteiger partial charge in [-0.05, 0) is 23.9 Å². The number of nitrogens with one attached hydrogen (secondary N) is 1. The Morgan fingerprint density at radius 3 is 2.57 bits per heavy atom. The first-order valence-corrected chi connectivity index (χ1v) is 7.79. The molecule has 21 heavy (non-hydrogen) atoms. The highest BCUT2D eigenvalue weighted by Crippen LogP contribution is 2.31. The molecule has 0 saturated carbocycles. The lowest BCUT2D eigenvalue weighted by molar-refractivity contribution is -0.137. The van der Waals surface area contributed by atoms with E-state index in [0.29, 0.717) is 0 Å². The van der Waals surface area contributed by atoms with Gasteiger partial charge in [-0.1, -0.05) is 31.2 Å². The summed E-state index contributed by atoms with van der Waals surface area (Å²) in [6.07, 6.45) is 0.781. The fraction of sp³-hybridized carbons (Fsp3) is 0.312. The molecule has 0 fully saturated rings. The number of phenols is 1. The van der Waals surface area contributed by atoms with Crippen LogP contribution in [0.2, 0.25) is 0 Å². The summed E-state index contributed by atoms with van der Waals surface area (Å²) in [5.41, 5.74) is 0.798. The lowest BCUT2D eigenvalue weighted by Crippen LogP contribution is -2.27. The fourth-order valence-corrected chi connectivity index (χ4v) is 3.15. The van der Waals surface area contributed by atoms with E-state index >= 15 is 0 Å². The lowest BCUT2D eigenvalue weighted by Gasteiger charge is -2.24. The van der Waals surface area contributed by atoms with E-state index in [1.807, 2.05) is 36.6 Å². The van der Waals surface area contributed by atoms with Gasteiger partial charge in [-0.2, -0.15) is 0 Å². The van der Waals surface area contributed by atoms with Crippen LogP contribution in [0.1, 0.15) is 42.3 Å². The van der Waals surface area contributed by atoms with Crippen LogP contribution in [-0.4, -0.2) is 16.2 Å². The first kappa shape index (κ1) is 15.5. The molecule has 0 saturated heterocycles. The van der Waals surface area contributed by atoms with E-state index < -0.39 is 5.97 Å². The second-order valence-electron chi connectivity index (χ2n) is 4.85. The Balaban J connectivity index is 2.21. The molecular formula is C16H19NO3S. The van der Waals surface area contributed by atoms with Crippen molar-refractivity contribution in [2.24, 2.45) is 0 Å². The lowest BCUT2D eigenvalue weighted by atomic mass is 10.0. The van der Waals surface area contributed by atoms with Crippen LogP contribution in [0, 0.1) is 0 Å². The van der Waals surface area contributed by atoms with Crippen LogP contribution in [0.4, 0.5) is 0 Å². The van der Waals surface area contributed by atoms with Gasteiger partial charge in [-0.15, -0.1) is 11.3 Å². The maximum Gasteiger partial charge on any atom is 0.305 e. The van der Waals surface area contributed by atoms with Crippen LogP contribution >= 0.6 is 11.3 Å². The minimum Gasteiger partial charge on any atom is -0.508 e. The smallest absolute Gasteiger partial charge is 0.305 e. The number of carboxylic acid groups (broad SMARTS) is 1. The highest BCUT2D eigenvalue weighted by molar-refractivity contribution is 7.10. The van der Waals surface area contributed by atoms with Gasteiger partial charge in [0, 0.05) is 16.5 Å². The van der Waals surface area contributed by atoms with E-state index in [4.69, 9.17) is 5.11 Å². The Hall–Kier alpha value is -1.85. The van der Waals surface area contributed by atoms with E-state index in [1.165, 1.54) is 11.3 Å². The molecule has 3 N–H and O–H groups in total. The van der Waals surface area contributed by atoms with Gasteiger partial charge in [0.1, 0.15) is 5.75 Å². The second-order valence-corrected chi connectivity index (χ2v) is 5.83. The number of carboxylic acids is 1. The minimum atomic E-state index is -0.840. The van der Waals surface area contributed by atoms with Gasteiger partial charge < -0.3 is 15.5 Å². The molecule has 5 heteroatoms. The Bertz CT molecular complexity index is 583. The Morgan fingerprint density at radius 1 is 1.24 bits per heavy atom. The van der Waals surface area contributed by atoms with Crippen molar-refractivity contribution in [1.82, 2.24) is 5.32 Å². The molecule has 0 aliphatic rings. The molecule has 4 nitrogen and oxygen atoms in total. The van der Waals surface area contributed by atoms with Crippen molar-refractivity contribution < 1.29 is 15.0 Å². The molecule has 2 unspecified atom stereocenters. The first-order chi connectivity index (χ1) is 10.1. The van der Waals surface area contributed by atoms with Gasteiger partial charge in [-0.3, -0.25) is 4.79 Å². The highest BCUT2D eigenvalue weighted by atomic mass is 32.1. The van der Waals surface area contributed by atoms with Crippen LogP contribution in [-0.2, 0) is 4.79 Å². The van der Waals surface area contributed by atoms with Crippen LogP contribution in [0.15, 0.2) is 41.8 Å². The molecule has 2 rings (SSSR count). The summed E-state index contributed by atoms with van der Waals surface area (Å²) in [7, 11) is 0. The summed E-state index contributed by atoms with van der Waals surface area (Å²) in [4.78, 5) is 12.1. The Kier molecular flexibility index (Phi) is 5.36. The standard InChI is InChI=1S/C16H19NO3S/c1-2-12(11-6-3-4-7-14(11)18)17-13(10-16(19)20)15-8-5-9-21-15/h3-9,12-13,17-18H,2,10H2,1H3,(H,19,20). The third-order valence-corrected chi connectivity index (χ3v) is 4.37. The molecule has 1 aromatic carbocycles. The molecule has 2 atom stereocenters. The number of hydrogen-bond donors (Lipinski definition) is 3. The zero-order valence-electron chi connectivity index (χ0n) is 11.8. The molecule has 0 spiro atoms. The Labute approximate surface area is 128 Å². The number of aliphatic carboxylic acids is 1. The summed E-state index contributed by atoms with van der Waals surface area (Å²) < 4.78 is 0. The van der Waals surface area contributed by atoms with Gasteiger partial charge in [0.15, 0.2) is 0 Å². The van der Waals surface area contributed by atoms with Crippen LogP contribution < -0.4 is 5.32 Å². The fourth-order valence-electron chi connectivity index (χ4n) is 2.36. The molecule has 1 heterocycles. The highest BCUT2D eigenvalue weighted by Gasteiger charge is 2.22. The maximum absolute atomic E-state index is 11.1. The normalized spacial score (nSPS) is 13.8. The minimum absolute atomic E-state index is 0.0185. The van der Waals surface area contributed by atoms with Crippen molar-refractivity contribution >= 4 is 17.3 Å². The second kappa shape index (κ2) is 7.24. The van der Waals surface area contributed by atoms with Crippen molar-refractivity contribution in [2.45, 2.75) is 31.8 Å². The molecular weight excluding hydrogens is 286 g/mol. The molecule has 0 aliphatic heterocycles. The average Bonchev–Trinajstić information content (AvgIpc) is 2.98. The molecule has 0 bridgehead atoms. The molecule has 112 valence electrons. The summed E-state index contributed by atoms with van der Waals surface area (Å²) in [6.45, 7) is 2.01. The van der Waals surface area contributed by atoms with Crippen molar-refractivity contribution in [3.8, 4) is 5.75 Å². The molecule has 0 radical (unpaired) electrons. The third-order valence-electron chi connectivity index (χ3n) is 3.39. The molecule has 0 aliphatic carbocycles. The third kappa shape index (κ3) is 4.06. The van der Waals surface area contributed by atoms with Crippen LogP contribution in [0.25, 0.3) is 0 Å². The van der Waals surface area contributed by atoms with Gasteiger partial charge in [0.25, 0.3) is 0 Å². The predicted molar refractivity (Wildman–Crippen MR) is 83.6 cm³/mol. The quantitative estimate of drug-likeness (QED) is 0.729. The van der Waals surface area contributed by atoms with E-state index in [-0.39, 0.29) is 24.3 Å². The summed E-state index contributed by atoms with van der Waals surface area (Å²) >= 11 is 1.54. The molecule has 2 aromatic rings. The topological polar surface area (TPSA) is 69.6 Å². The number of phenolic OH excluding ortho intramolecular Hbond substituents is 1. The number of aromatic hydroxyl groups is 1. The van der Waals surface area contributed by atoms with E-state index in [0.717, 1.165) is 16.9 Å². The number of thiophene rings is 1. The van der Waals surface area contributed by atoms with Crippen molar-refractivity contribution in [3.63, 3.8) is 0 Å². The number of carbonyl (C=O) groups is 1. The number of hydrogen-bond acceptors (Lipinski definition) is 4. The van der Waals surface area contributed by atoms with Crippen LogP contribution in [0.5, 0.6) is 5.75 Å². The van der Waals surface area contributed by atoms with E-state index in [1.54, 1.807) is 12.1 Å². The van der Waals surface area contributed by atoms with Crippen molar-refractivity contribution in [2.75, 3.05) is 0 Å².